The first-order chi connectivity index (χ1) is 16.4. The summed E-state index contributed by atoms with van der Waals surface area (Å²) in [7, 11) is 0. The molecule has 1 aromatic heterocycles. The van der Waals surface area contributed by atoms with Crippen molar-refractivity contribution in [2.45, 2.75) is 19.8 Å². The lowest BCUT2D eigenvalue weighted by Gasteiger charge is -2.14. The van der Waals surface area contributed by atoms with Gasteiger partial charge in [-0.1, -0.05) is 74.5 Å². The normalized spacial score (nSPS) is 13.9. The summed E-state index contributed by atoms with van der Waals surface area (Å²) in [5, 5.41) is 11.2. The SMILES string of the molecule is CC(C)c1ccc(-n2c(O)c(C=C3C(c4ccccc4)=Nc4ccccc43)c(=O)[nH]c2=S)cc1. The Morgan fingerprint density at radius 2 is 1.65 bits per heavy atom. The lowest BCUT2D eigenvalue weighted by molar-refractivity contribution is 0.432. The zero-order valence-corrected chi connectivity index (χ0v) is 19.6. The topological polar surface area (TPSA) is 70.4 Å². The zero-order valence-electron chi connectivity index (χ0n) is 18.8. The average molecular weight is 466 g/mol. The van der Waals surface area contributed by atoms with E-state index in [9.17, 15) is 9.90 Å². The second kappa shape index (κ2) is 8.72. The molecule has 0 radical (unpaired) electrons. The molecule has 1 aliphatic heterocycles. The van der Waals surface area contributed by atoms with Crippen molar-refractivity contribution in [1.29, 1.82) is 0 Å². The van der Waals surface area contributed by atoms with Gasteiger partial charge >= 0.3 is 0 Å². The average Bonchev–Trinajstić information content (AvgIpc) is 3.21. The molecule has 168 valence electrons. The molecule has 0 amide bonds. The van der Waals surface area contributed by atoms with Crippen molar-refractivity contribution in [1.82, 2.24) is 9.55 Å². The van der Waals surface area contributed by atoms with E-state index in [1.807, 2.05) is 78.9 Å². The molecule has 0 saturated heterocycles. The lowest BCUT2D eigenvalue weighted by atomic mass is 9.96. The van der Waals surface area contributed by atoms with E-state index in [-0.39, 0.29) is 16.2 Å². The first-order valence-corrected chi connectivity index (χ1v) is 11.5. The molecular weight excluding hydrogens is 442 g/mol. The zero-order chi connectivity index (χ0) is 23.8. The smallest absolute Gasteiger partial charge is 0.262 e. The maximum absolute atomic E-state index is 13.0. The minimum Gasteiger partial charge on any atom is -0.494 e. The standard InChI is InChI=1S/C28H23N3O2S/c1-17(2)18-12-14-20(15-13-18)31-27(33)23(26(32)30-28(31)34)16-22-21-10-6-7-11-24(21)29-25(22)19-8-4-3-5-9-19/h3-17,33H,1-2H3,(H,30,32,34). The first kappa shape index (κ1) is 21.8. The van der Waals surface area contributed by atoms with Crippen LogP contribution in [0.4, 0.5) is 5.69 Å². The summed E-state index contributed by atoms with van der Waals surface area (Å²) >= 11 is 5.40. The molecule has 34 heavy (non-hydrogen) atoms. The molecule has 3 aromatic carbocycles. The van der Waals surface area contributed by atoms with E-state index in [1.54, 1.807) is 6.08 Å². The number of hydrogen-bond donors (Lipinski definition) is 2. The molecule has 0 saturated carbocycles. The van der Waals surface area contributed by atoms with Gasteiger partial charge in [-0.25, -0.2) is 4.99 Å². The number of benzene rings is 3. The van der Waals surface area contributed by atoms with E-state index in [0.717, 1.165) is 28.1 Å². The summed E-state index contributed by atoms with van der Waals surface area (Å²) in [6.07, 6.45) is 1.69. The molecule has 0 atom stereocenters. The maximum atomic E-state index is 13.0. The Labute approximate surface area is 202 Å². The second-order valence-electron chi connectivity index (χ2n) is 8.48. The van der Waals surface area contributed by atoms with E-state index >= 15 is 0 Å². The van der Waals surface area contributed by atoms with Crippen molar-refractivity contribution in [3.8, 4) is 11.6 Å². The third-order valence-electron chi connectivity index (χ3n) is 5.96. The van der Waals surface area contributed by atoms with Crippen LogP contribution >= 0.6 is 12.2 Å². The van der Waals surface area contributed by atoms with Crippen molar-refractivity contribution in [3.63, 3.8) is 0 Å². The largest absolute Gasteiger partial charge is 0.494 e. The number of allylic oxidation sites excluding steroid dienone is 1. The number of aromatic amines is 1. The van der Waals surface area contributed by atoms with Gasteiger partial charge in [0.05, 0.1) is 17.1 Å². The van der Waals surface area contributed by atoms with Gasteiger partial charge in [0.1, 0.15) is 5.56 Å². The van der Waals surface area contributed by atoms with Gasteiger partial charge in [0, 0.05) is 16.7 Å². The van der Waals surface area contributed by atoms with E-state index in [1.165, 1.54) is 10.1 Å². The molecule has 0 unspecified atom stereocenters. The summed E-state index contributed by atoms with van der Waals surface area (Å²) in [5.41, 5.74) is 5.67. The third kappa shape index (κ3) is 3.82. The van der Waals surface area contributed by atoms with Crippen LogP contribution in [0.5, 0.6) is 5.88 Å². The predicted molar refractivity (Wildman–Crippen MR) is 140 cm³/mol. The van der Waals surface area contributed by atoms with Crippen LogP contribution in [0.3, 0.4) is 0 Å². The molecule has 0 fully saturated rings. The second-order valence-corrected chi connectivity index (χ2v) is 8.87. The van der Waals surface area contributed by atoms with Crippen molar-refractivity contribution in [2.75, 3.05) is 0 Å². The fourth-order valence-corrected chi connectivity index (χ4v) is 4.41. The Kier molecular flexibility index (Phi) is 5.59. The Balaban J connectivity index is 1.70. The molecule has 6 heteroatoms. The van der Waals surface area contributed by atoms with Crippen LogP contribution in [0.1, 0.15) is 42.0 Å². The van der Waals surface area contributed by atoms with Crippen molar-refractivity contribution >= 4 is 35.3 Å². The number of para-hydroxylation sites is 1. The molecule has 5 nitrogen and oxygen atoms in total. The molecule has 2 heterocycles. The van der Waals surface area contributed by atoms with Crippen LogP contribution in [-0.4, -0.2) is 20.4 Å². The quantitative estimate of drug-likeness (QED) is 0.343. The number of H-pyrrole nitrogens is 1. The summed E-state index contributed by atoms with van der Waals surface area (Å²) in [6, 6.07) is 25.3. The van der Waals surface area contributed by atoms with Gasteiger partial charge in [-0.05, 0) is 48.0 Å². The number of hydrogen-bond acceptors (Lipinski definition) is 4. The Hall–Kier alpha value is -4.03. The van der Waals surface area contributed by atoms with Gasteiger partial charge in [0.15, 0.2) is 4.77 Å². The molecule has 0 aliphatic carbocycles. The van der Waals surface area contributed by atoms with Crippen molar-refractivity contribution < 1.29 is 5.11 Å². The number of aromatic nitrogens is 2. The number of nitrogens with one attached hydrogen (secondary N) is 1. The number of aromatic hydroxyl groups is 1. The van der Waals surface area contributed by atoms with Gasteiger partial charge in [0.25, 0.3) is 5.56 Å². The fraction of sp³-hybridized carbons (Fsp3) is 0.107. The minimum atomic E-state index is -0.457. The van der Waals surface area contributed by atoms with Gasteiger partial charge in [-0.2, -0.15) is 0 Å². The predicted octanol–water partition coefficient (Wildman–Crippen LogP) is 6.40. The third-order valence-corrected chi connectivity index (χ3v) is 6.24. The maximum Gasteiger partial charge on any atom is 0.262 e. The highest BCUT2D eigenvalue weighted by Gasteiger charge is 2.23. The van der Waals surface area contributed by atoms with E-state index < -0.39 is 5.56 Å². The summed E-state index contributed by atoms with van der Waals surface area (Å²) in [6.45, 7) is 4.24. The van der Waals surface area contributed by atoms with Crippen LogP contribution in [0, 0.1) is 4.77 Å². The summed E-state index contributed by atoms with van der Waals surface area (Å²) < 4.78 is 1.61. The lowest BCUT2D eigenvalue weighted by Crippen LogP contribution is -2.16. The molecule has 1 aliphatic rings. The number of aliphatic imine (C=N–C) groups is 1. The molecule has 2 N–H and O–H groups in total. The van der Waals surface area contributed by atoms with Crippen LogP contribution in [0.25, 0.3) is 17.3 Å². The highest BCUT2D eigenvalue weighted by Crippen LogP contribution is 2.38. The van der Waals surface area contributed by atoms with Crippen molar-refractivity contribution in [3.05, 3.63) is 116 Å². The summed E-state index contributed by atoms with van der Waals surface area (Å²) in [5.74, 6) is 0.167. The van der Waals surface area contributed by atoms with Crippen LogP contribution in [-0.2, 0) is 0 Å². The Bertz CT molecular complexity index is 1560. The molecule has 4 aromatic rings. The minimum absolute atomic E-state index is 0.122. The van der Waals surface area contributed by atoms with Crippen LogP contribution < -0.4 is 5.56 Å². The van der Waals surface area contributed by atoms with Gasteiger partial charge in [0.2, 0.25) is 5.88 Å². The van der Waals surface area contributed by atoms with E-state index in [0.29, 0.717) is 11.6 Å². The summed E-state index contributed by atoms with van der Waals surface area (Å²) in [4.78, 5) is 20.5. The van der Waals surface area contributed by atoms with Crippen LogP contribution in [0.2, 0.25) is 0 Å². The molecule has 0 bridgehead atoms. The van der Waals surface area contributed by atoms with Crippen molar-refractivity contribution in [2.24, 2.45) is 4.99 Å². The Morgan fingerprint density at radius 3 is 2.35 bits per heavy atom. The molecule has 0 spiro atoms. The monoisotopic (exact) mass is 465 g/mol. The molecular formula is C28H23N3O2S. The molecule has 5 rings (SSSR count). The Morgan fingerprint density at radius 1 is 0.971 bits per heavy atom. The number of nitrogens with zero attached hydrogens (tertiary/aromatic N) is 2. The first-order valence-electron chi connectivity index (χ1n) is 11.1. The van der Waals surface area contributed by atoms with E-state index in [4.69, 9.17) is 17.2 Å². The van der Waals surface area contributed by atoms with E-state index in [2.05, 4.69) is 18.8 Å². The van der Waals surface area contributed by atoms with Crippen LogP contribution in [0.15, 0.2) is 88.6 Å². The highest BCUT2D eigenvalue weighted by atomic mass is 32.1. The highest BCUT2D eigenvalue weighted by molar-refractivity contribution is 7.71. The van der Waals surface area contributed by atoms with Gasteiger partial charge < -0.3 is 5.11 Å². The number of fused-ring (bicyclic) bond motifs is 1. The fourth-order valence-electron chi connectivity index (χ4n) is 4.13. The van der Waals surface area contributed by atoms with Gasteiger partial charge in [-0.15, -0.1) is 0 Å². The number of rotatable bonds is 4. The van der Waals surface area contributed by atoms with Gasteiger partial charge in [-0.3, -0.25) is 14.3 Å².